The molecule has 0 aromatic carbocycles. The van der Waals surface area contributed by atoms with Crippen LogP contribution in [0.5, 0.6) is 0 Å². The smallest absolute Gasteiger partial charge is 1.00 e. The molecule has 0 saturated heterocycles. The van der Waals surface area contributed by atoms with E-state index in [-0.39, 0.29) is 62.0 Å². The molecule has 0 rings (SSSR count). The van der Waals surface area contributed by atoms with E-state index in [1.54, 1.807) is 13.8 Å². The van der Waals surface area contributed by atoms with Crippen LogP contribution in [0.1, 0.15) is 16.7 Å². The van der Waals surface area contributed by atoms with Crippen molar-refractivity contribution in [2.45, 2.75) is 25.9 Å². The predicted molar refractivity (Wildman–Crippen MR) is 33.4 cm³/mol. The summed E-state index contributed by atoms with van der Waals surface area (Å²) in [6.07, 6.45) is 0. The van der Waals surface area contributed by atoms with Gasteiger partial charge in [-0.05, 0) is 12.1 Å². The normalized spacial score (nSPS) is 9.33. The van der Waals surface area contributed by atoms with Gasteiger partial charge in [0.1, 0.15) is 0 Å². The Morgan fingerprint density at radius 1 is 1.11 bits per heavy atom. The molecule has 0 aliphatic carbocycles. The molecule has 2 N–H and O–H groups in total. The van der Waals surface area contributed by atoms with Crippen molar-refractivity contribution in [3.8, 4) is 0 Å². The SMILES string of the molecule is CC[Si](O)(O)CC.[H-].[H-].[Na+].[Na+]. The molecule has 0 aliphatic heterocycles. The number of hydrogen-bond acceptors (Lipinski definition) is 2. The molecule has 0 spiro atoms. The van der Waals surface area contributed by atoms with Crippen molar-refractivity contribution in [1.82, 2.24) is 0 Å². The van der Waals surface area contributed by atoms with E-state index in [2.05, 4.69) is 0 Å². The average Bonchev–Trinajstić information content (AvgIpc) is 1.68. The summed E-state index contributed by atoms with van der Waals surface area (Å²) in [5, 5.41) is 0. The minimum Gasteiger partial charge on any atom is -1.00 e. The fraction of sp³-hybridized carbons (Fsp3) is 1.00. The first-order valence-electron chi connectivity index (χ1n) is 2.57. The van der Waals surface area contributed by atoms with Crippen LogP contribution in [0.3, 0.4) is 0 Å². The van der Waals surface area contributed by atoms with Crippen LogP contribution in [0.15, 0.2) is 0 Å². The molecule has 5 heteroatoms. The molecule has 0 amide bonds. The Labute approximate surface area is 105 Å². The van der Waals surface area contributed by atoms with Crippen LogP contribution in [0.25, 0.3) is 0 Å². The van der Waals surface area contributed by atoms with Gasteiger partial charge in [-0.25, -0.2) is 0 Å². The molecule has 0 heterocycles. The van der Waals surface area contributed by atoms with Crippen molar-refractivity contribution in [3.05, 3.63) is 0 Å². The van der Waals surface area contributed by atoms with Gasteiger partial charge >= 0.3 is 67.7 Å². The van der Waals surface area contributed by atoms with Crippen LogP contribution in [-0.2, 0) is 0 Å². The predicted octanol–water partition coefficient (Wildman–Crippen LogP) is -5.31. The second-order valence-corrected chi connectivity index (χ2v) is 5.07. The van der Waals surface area contributed by atoms with Gasteiger partial charge in [0.2, 0.25) is 0 Å². The fourth-order valence-corrected chi connectivity index (χ4v) is 0.750. The second kappa shape index (κ2) is 8.24. The maximum absolute atomic E-state index is 8.83. The van der Waals surface area contributed by atoms with Crippen molar-refractivity contribution in [2.75, 3.05) is 0 Å². The third-order valence-corrected chi connectivity index (χ3v) is 3.40. The van der Waals surface area contributed by atoms with Gasteiger partial charge in [-0.1, -0.05) is 13.8 Å². The van der Waals surface area contributed by atoms with E-state index >= 15 is 0 Å². The Hall–Kier alpha value is 2.14. The molecule has 0 bridgehead atoms. The molecule has 0 radical (unpaired) electrons. The van der Waals surface area contributed by atoms with E-state index in [0.717, 1.165) is 0 Å². The minimum atomic E-state index is -2.65. The third-order valence-electron chi connectivity index (χ3n) is 1.13. The summed E-state index contributed by atoms with van der Waals surface area (Å²) in [5.41, 5.74) is 0. The van der Waals surface area contributed by atoms with Gasteiger partial charge in [-0.15, -0.1) is 0 Å². The molecular formula is C4H14Na2O2Si. The van der Waals surface area contributed by atoms with Crippen molar-refractivity contribution in [2.24, 2.45) is 0 Å². The summed E-state index contributed by atoms with van der Waals surface area (Å²) in [6.45, 7) is 3.60. The largest absolute Gasteiger partial charge is 1.00 e. The molecule has 0 saturated carbocycles. The Bertz CT molecular complexity index is 62.1. The van der Waals surface area contributed by atoms with Gasteiger partial charge in [0.15, 0.2) is 0 Å². The first-order chi connectivity index (χ1) is 3.12. The van der Waals surface area contributed by atoms with Crippen molar-refractivity contribution in [1.29, 1.82) is 0 Å². The van der Waals surface area contributed by atoms with Crippen LogP contribution in [0.2, 0.25) is 12.1 Å². The molecule has 9 heavy (non-hydrogen) atoms. The summed E-state index contributed by atoms with van der Waals surface area (Å²) >= 11 is 0. The molecule has 2 nitrogen and oxygen atoms in total. The molecule has 0 unspecified atom stereocenters. The maximum Gasteiger partial charge on any atom is 1.00 e. The third kappa shape index (κ3) is 10.1. The summed E-state index contributed by atoms with van der Waals surface area (Å²) < 4.78 is 0. The zero-order valence-corrected chi connectivity index (χ0v) is 11.8. The Morgan fingerprint density at radius 3 is 1.33 bits per heavy atom. The van der Waals surface area contributed by atoms with Crippen molar-refractivity contribution < 1.29 is 71.6 Å². The zero-order chi connectivity index (χ0) is 5.91. The maximum atomic E-state index is 8.83. The standard InChI is InChI=1S/C4H12O2Si.2Na.2H/c1-3-7(5,6)4-2;;;;/h5-6H,3-4H2,1-2H3;;;;/q;2*+1;2*-1. The first-order valence-corrected chi connectivity index (χ1v) is 4.88. The van der Waals surface area contributed by atoms with Gasteiger partial charge in [0.05, 0.1) is 0 Å². The average molecular weight is 168 g/mol. The molecule has 0 aromatic heterocycles. The Kier molecular flexibility index (Phi) is 15.8. The van der Waals surface area contributed by atoms with Gasteiger partial charge < -0.3 is 12.4 Å². The molecule has 0 aromatic rings. The van der Waals surface area contributed by atoms with Crippen LogP contribution in [0.4, 0.5) is 0 Å². The van der Waals surface area contributed by atoms with Crippen LogP contribution in [-0.4, -0.2) is 18.2 Å². The fourth-order valence-electron chi connectivity index (χ4n) is 0.250. The van der Waals surface area contributed by atoms with Gasteiger partial charge in [-0.3, -0.25) is 0 Å². The molecule has 0 atom stereocenters. The first kappa shape index (κ1) is 17.3. The van der Waals surface area contributed by atoms with Crippen LogP contribution in [0, 0.1) is 0 Å². The number of rotatable bonds is 2. The number of hydrogen-bond donors (Lipinski definition) is 2. The Balaban J connectivity index is -0.0000000300. The van der Waals surface area contributed by atoms with Gasteiger partial charge in [-0.2, -0.15) is 0 Å². The van der Waals surface area contributed by atoms with Gasteiger partial charge in [0.25, 0.3) is 0 Å². The zero-order valence-electron chi connectivity index (χ0n) is 8.81. The summed E-state index contributed by atoms with van der Waals surface area (Å²) in [4.78, 5) is 17.7. The molecular weight excluding hydrogens is 154 g/mol. The van der Waals surface area contributed by atoms with Crippen LogP contribution >= 0.6 is 0 Å². The van der Waals surface area contributed by atoms with Gasteiger partial charge in [0, 0.05) is 0 Å². The van der Waals surface area contributed by atoms with E-state index in [1.165, 1.54) is 0 Å². The van der Waals surface area contributed by atoms with Crippen molar-refractivity contribution >= 4 is 8.56 Å². The van der Waals surface area contributed by atoms with E-state index in [0.29, 0.717) is 12.1 Å². The van der Waals surface area contributed by atoms with Crippen molar-refractivity contribution in [3.63, 3.8) is 0 Å². The van der Waals surface area contributed by atoms with E-state index in [1.807, 2.05) is 0 Å². The summed E-state index contributed by atoms with van der Waals surface area (Å²) in [7, 11) is -2.65. The minimum absolute atomic E-state index is 0. The molecule has 0 aliphatic rings. The second-order valence-electron chi connectivity index (χ2n) is 1.69. The quantitative estimate of drug-likeness (QED) is 0.404. The molecule has 0 fully saturated rings. The Morgan fingerprint density at radius 2 is 1.33 bits per heavy atom. The summed E-state index contributed by atoms with van der Waals surface area (Å²) in [5.74, 6) is 0. The van der Waals surface area contributed by atoms with E-state index < -0.39 is 8.56 Å². The summed E-state index contributed by atoms with van der Waals surface area (Å²) in [6, 6.07) is 1.09. The van der Waals surface area contributed by atoms with E-state index in [9.17, 15) is 0 Å². The monoisotopic (exact) mass is 168 g/mol. The topological polar surface area (TPSA) is 40.5 Å². The van der Waals surface area contributed by atoms with E-state index in [4.69, 9.17) is 9.59 Å². The van der Waals surface area contributed by atoms with Crippen LogP contribution < -0.4 is 59.1 Å². The molecule has 48 valence electrons.